The van der Waals surface area contributed by atoms with Gasteiger partial charge in [0.05, 0.1) is 0 Å². The first-order valence-electron chi connectivity index (χ1n) is 7.45. The first-order chi connectivity index (χ1) is 9.42. The van der Waals surface area contributed by atoms with Crippen LogP contribution < -0.4 is 0 Å². The molecule has 1 aliphatic carbocycles. The topological polar surface area (TPSA) is 20.3 Å². The molecule has 0 aromatic carbocycles. The Labute approximate surface area is 118 Å². The third-order valence-electron chi connectivity index (χ3n) is 4.56. The highest BCUT2D eigenvalue weighted by molar-refractivity contribution is 5.80. The monoisotopic (exact) mass is 289 g/mol. The van der Waals surface area contributed by atoms with Crippen LogP contribution in [0.25, 0.3) is 0 Å². The molecular weight excluding hydrogens is 267 g/mol. The SMILES string of the molecule is CCC[C@]1(C(F)(F)F)CCCN1C(=O)[C@@H]1CC=CCC1. The van der Waals surface area contributed by atoms with E-state index in [-0.39, 0.29) is 31.2 Å². The molecule has 20 heavy (non-hydrogen) atoms. The van der Waals surface area contributed by atoms with Crippen LogP contribution in [-0.4, -0.2) is 29.1 Å². The van der Waals surface area contributed by atoms with Gasteiger partial charge in [0.25, 0.3) is 0 Å². The average molecular weight is 289 g/mol. The summed E-state index contributed by atoms with van der Waals surface area (Å²) in [4.78, 5) is 13.7. The Kier molecular flexibility index (Phi) is 4.45. The Morgan fingerprint density at radius 1 is 1.40 bits per heavy atom. The quantitative estimate of drug-likeness (QED) is 0.717. The van der Waals surface area contributed by atoms with E-state index in [4.69, 9.17) is 0 Å². The molecule has 1 aliphatic heterocycles. The van der Waals surface area contributed by atoms with Crippen molar-refractivity contribution in [3.63, 3.8) is 0 Å². The number of rotatable bonds is 3. The molecule has 2 atom stereocenters. The van der Waals surface area contributed by atoms with E-state index >= 15 is 0 Å². The van der Waals surface area contributed by atoms with Crippen LogP contribution in [0.3, 0.4) is 0 Å². The molecule has 0 unspecified atom stereocenters. The zero-order valence-electron chi connectivity index (χ0n) is 11.9. The molecule has 0 aromatic heterocycles. The highest BCUT2D eigenvalue weighted by Gasteiger charge is 2.61. The Morgan fingerprint density at radius 2 is 2.15 bits per heavy atom. The van der Waals surface area contributed by atoms with Crippen LogP contribution in [0.4, 0.5) is 13.2 Å². The lowest BCUT2D eigenvalue weighted by Crippen LogP contribution is -2.58. The summed E-state index contributed by atoms with van der Waals surface area (Å²) in [5.41, 5.74) is -1.92. The van der Waals surface area contributed by atoms with Gasteiger partial charge in [-0.1, -0.05) is 25.5 Å². The lowest BCUT2D eigenvalue weighted by Gasteiger charge is -2.41. The van der Waals surface area contributed by atoms with Crippen molar-refractivity contribution in [1.82, 2.24) is 4.90 Å². The van der Waals surface area contributed by atoms with Crippen LogP contribution in [0, 0.1) is 5.92 Å². The van der Waals surface area contributed by atoms with Crippen LogP contribution in [0.1, 0.15) is 51.9 Å². The predicted molar refractivity (Wildman–Crippen MR) is 71.1 cm³/mol. The summed E-state index contributed by atoms with van der Waals surface area (Å²) in [5, 5.41) is 0. The Balaban J connectivity index is 2.23. The van der Waals surface area contributed by atoms with E-state index in [0.717, 1.165) is 11.3 Å². The van der Waals surface area contributed by atoms with E-state index in [9.17, 15) is 18.0 Å². The van der Waals surface area contributed by atoms with Crippen molar-refractivity contribution in [2.45, 2.75) is 63.6 Å². The smallest absolute Gasteiger partial charge is 0.328 e. The lowest BCUT2D eigenvalue weighted by atomic mass is 9.87. The number of carbonyl (C=O) groups excluding carboxylic acids is 1. The second-order valence-corrected chi connectivity index (χ2v) is 5.85. The number of halogens is 3. The molecule has 1 heterocycles. The fourth-order valence-electron chi connectivity index (χ4n) is 3.55. The molecule has 0 aromatic rings. The van der Waals surface area contributed by atoms with E-state index in [1.54, 1.807) is 6.92 Å². The molecule has 0 bridgehead atoms. The molecule has 2 nitrogen and oxygen atoms in total. The van der Waals surface area contributed by atoms with Gasteiger partial charge in [-0.2, -0.15) is 13.2 Å². The number of allylic oxidation sites excluding steroid dienone is 2. The third-order valence-corrected chi connectivity index (χ3v) is 4.56. The summed E-state index contributed by atoms with van der Waals surface area (Å²) in [7, 11) is 0. The molecule has 2 aliphatic rings. The van der Waals surface area contributed by atoms with Gasteiger partial charge in [0, 0.05) is 12.5 Å². The van der Waals surface area contributed by atoms with Crippen LogP contribution in [0.5, 0.6) is 0 Å². The largest absolute Gasteiger partial charge is 0.411 e. The molecule has 2 rings (SSSR count). The van der Waals surface area contributed by atoms with Crippen molar-refractivity contribution in [2.24, 2.45) is 5.92 Å². The second kappa shape index (κ2) is 5.78. The summed E-state index contributed by atoms with van der Waals surface area (Å²) in [6, 6.07) is 0. The number of alkyl halides is 3. The van der Waals surface area contributed by atoms with Crippen molar-refractivity contribution in [1.29, 1.82) is 0 Å². The maximum Gasteiger partial charge on any atom is 0.411 e. The van der Waals surface area contributed by atoms with Crippen LogP contribution in [0.2, 0.25) is 0 Å². The summed E-state index contributed by atoms with van der Waals surface area (Å²) < 4.78 is 40.7. The van der Waals surface area contributed by atoms with Crippen molar-refractivity contribution in [3.8, 4) is 0 Å². The van der Waals surface area contributed by atoms with Gasteiger partial charge in [-0.15, -0.1) is 0 Å². The molecule has 0 N–H and O–H groups in total. The molecule has 114 valence electrons. The second-order valence-electron chi connectivity index (χ2n) is 5.85. The van der Waals surface area contributed by atoms with Gasteiger partial charge in [-0.05, 0) is 38.5 Å². The van der Waals surface area contributed by atoms with E-state index in [2.05, 4.69) is 0 Å². The molecule has 1 saturated heterocycles. The molecular formula is C15H22F3NO. The van der Waals surface area contributed by atoms with Crippen molar-refractivity contribution >= 4 is 5.91 Å². The van der Waals surface area contributed by atoms with Gasteiger partial charge >= 0.3 is 6.18 Å². The highest BCUT2D eigenvalue weighted by atomic mass is 19.4. The Bertz CT molecular complexity index is 391. The molecule has 1 amide bonds. The number of likely N-dealkylation sites (tertiary alicyclic amines) is 1. The fourth-order valence-corrected chi connectivity index (χ4v) is 3.55. The minimum absolute atomic E-state index is 0.0187. The predicted octanol–water partition coefficient (Wildman–Crippen LogP) is 4.07. The van der Waals surface area contributed by atoms with E-state index in [0.29, 0.717) is 25.7 Å². The zero-order chi connectivity index (χ0) is 14.8. The molecule has 0 radical (unpaired) electrons. The summed E-state index contributed by atoms with van der Waals surface area (Å²) >= 11 is 0. The van der Waals surface area contributed by atoms with Gasteiger partial charge in [-0.25, -0.2) is 0 Å². The van der Waals surface area contributed by atoms with Gasteiger partial charge in [-0.3, -0.25) is 4.79 Å². The molecule has 0 spiro atoms. The van der Waals surface area contributed by atoms with Gasteiger partial charge in [0.1, 0.15) is 5.54 Å². The number of hydrogen-bond acceptors (Lipinski definition) is 1. The molecule has 5 heteroatoms. The number of amides is 1. The highest BCUT2D eigenvalue weighted by Crippen LogP contribution is 2.47. The first kappa shape index (κ1) is 15.4. The fraction of sp³-hybridized carbons (Fsp3) is 0.800. The number of hydrogen-bond donors (Lipinski definition) is 0. The third kappa shape index (κ3) is 2.59. The normalized spacial score (nSPS) is 30.8. The Morgan fingerprint density at radius 3 is 2.70 bits per heavy atom. The van der Waals surface area contributed by atoms with Gasteiger partial charge in [0.2, 0.25) is 5.91 Å². The Hall–Kier alpha value is -1.00. The average Bonchev–Trinajstić information content (AvgIpc) is 2.84. The van der Waals surface area contributed by atoms with Crippen molar-refractivity contribution in [3.05, 3.63) is 12.2 Å². The maximum absolute atomic E-state index is 13.6. The van der Waals surface area contributed by atoms with Crippen LogP contribution in [-0.2, 0) is 4.79 Å². The lowest BCUT2D eigenvalue weighted by molar-refractivity contribution is -0.227. The van der Waals surface area contributed by atoms with Crippen molar-refractivity contribution < 1.29 is 18.0 Å². The van der Waals surface area contributed by atoms with E-state index in [1.165, 1.54) is 0 Å². The van der Waals surface area contributed by atoms with Crippen LogP contribution in [0.15, 0.2) is 12.2 Å². The van der Waals surface area contributed by atoms with Gasteiger partial charge in [0.15, 0.2) is 0 Å². The summed E-state index contributed by atoms with van der Waals surface area (Å²) in [6.07, 6.45) is 2.58. The minimum atomic E-state index is -4.33. The maximum atomic E-state index is 13.6. The summed E-state index contributed by atoms with van der Waals surface area (Å²) in [5.74, 6) is -0.561. The van der Waals surface area contributed by atoms with E-state index < -0.39 is 11.7 Å². The number of nitrogens with zero attached hydrogens (tertiary/aromatic N) is 1. The summed E-state index contributed by atoms with van der Waals surface area (Å²) in [6.45, 7) is 2.00. The number of carbonyl (C=O) groups is 1. The van der Waals surface area contributed by atoms with E-state index in [1.807, 2.05) is 12.2 Å². The van der Waals surface area contributed by atoms with Crippen molar-refractivity contribution in [2.75, 3.05) is 6.54 Å². The standard InChI is InChI=1S/C15H22F3NO/c1-2-9-14(15(16,17)18)10-6-11-19(14)13(20)12-7-4-3-5-8-12/h3-4,12H,2,5-11H2,1H3/t12-,14-/m1/s1. The zero-order valence-corrected chi connectivity index (χ0v) is 11.9. The van der Waals surface area contributed by atoms with Gasteiger partial charge < -0.3 is 4.90 Å². The van der Waals surface area contributed by atoms with Crippen LogP contribution >= 0.6 is 0 Å². The first-order valence-corrected chi connectivity index (χ1v) is 7.45. The minimum Gasteiger partial charge on any atom is -0.328 e. The molecule has 1 fully saturated rings. The molecule has 0 saturated carbocycles.